The van der Waals surface area contributed by atoms with E-state index in [1.54, 1.807) is 17.8 Å². The number of aromatic nitrogens is 2. The van der Waals surface area contributed by atoms with Crippen molar-refractivity contribution in [2.75, 3.05) is 0 Å². The number of primary amides is 1. The van der Waals surface area contributed by atoms with E-state index in [1.807, 2.05) is 26.0 Å². The van der Waals surface area contributed by atoms with Gasteiger partial charge in [0, 0.05) is 0 Å². The molecule has 0 aliphatic carbocycles. The van der Waals surface area contributed by atoms with Crippen LogP contribution in [0.5, 0.6) is 0 Å². The van der Waals surface area contributed by atoms with Crippen molar-refractivity contribution in [3.63, 3.8) is 0 Å². The maximum atomic E-state index is 11.8. The smallest absolute Gasteiger partial charge is 0.318 e. The molecule has 1 heterocycles. The largest absolute Gasteiger partial charge is 0.351 e. The van der Waals surface area contributed by atoms with Crippen molar-refractivity contribution in [2.24, 2.45) is 5.73 Å². The number of hydrogen-bond donors (Lipinski definition) is 2. The van der Waals surface area contributed by atoms with Crippen LogP contribution in [0.4, 0.5) is 4.79 Å². The summed E-state index contributed by atoms with van der Waals surface area (Å²) in [5.41, 5.74) is 8.89. The lowest BCUT2D eigenvalue weighted by Gasteiger charge is -2.13. The third-order valence-electron chi connectivity index (χ3n) is 3.23. The number of nitrogens with zero attached hydrogens (tertiary/aromatic N) is 2. The van der Waals surface area contributed by atoms with Crippen LogP contribution in [0, 0.1) is 13.8 Å². The first-order valence-electron chi connectivity index (χ1n) is 5.94. The van der Waals surface area contributed by atoms with E-state index in [0.717, 1.165) is 22.2 Å². The number of imidazole rings is 1. The molecule has 6 nitrogen and oxygen atoms in total. The van der Waals surface area contributed by atoms with Crippen molar-refractivity contribution in [3.8, 4) is 0 Å². The van der Waals surface area contributed by atoms with E-state index in [0.29, 0.717) is 0 Å². The molecule has 2 rings (SSSR count). The van der Waals surface area contributed by atoms with Gasteiger partial charge in [0.1, 0.15) is 6.04 Å². The molecule has 1 aromatic carbocycles. The average Bonchev–Trinajstić information content (AvgIpc) is 2.70. The lowest BCUT2D eigenvalue weighted by atomic mass is 10.1. The van der Waals surface area contributed by atoms with Crippen LogP contribution < -0.4 is 11.1 Å². The standard InChI is InChI=1S/C13H16N4O2/c1-7-4-10-11(5-8(7)2)17(6-15-10)9(3)12(18)16-13(14)19/h4-6,9H,1-3H3,(H3,14,16,18,19). The van der Waals surface area contributed by atoms with E-state index < -0.39 is 18.0 Å². The Kier molecular flexibility index (Phi) is 3.25. The zero-order valence-corrected chi connectivity index (χ0v) is 11.1. The van der Waals surface area contributed by atoms with Gasteiger partial charge < -0.3 is 10.3 Å². The van der Waals surface area contributed by atoms with Crippen molar-refractivity contribution < 1.29 is 9.59 Å². The maximum Gasteiger partial charge on any atom is 0.318 e. The number of carbonyl (C=O) groups excluding carboxylic acids is 2. The van der Waals surface area contributed by atoms with Crippen molar-refractivity contribution in [3.05, 3.63) is 29.6 Å². The first-order chi connectivity index (χ1) is 8.90. The first kappa shape index (κ1) is 13.1. The van der Waals surface area contributed by atoms with Crippen molar-refractivity contribution in [1.82, 2.24) is 14.9 Å². The van der Waals surface area contributed by atoms with Crippen LogP contribution in [-0.4, -0.2) is 21.5 Å². The monoisotopic (exact) mass is 260 g/mol. The summed E-state index contributed by atoms with van der Waals surface area (Å²) in [7, 11) is 0. The molecule has 1 unspecified atom stereocenters. The van der Waals surface area contributed by atoms with Gasteiger partial charge in [-0.3, -0.25) is 10.1 Å². The highest BCUT2D eigenvalue weighted by Gasteiger charge is 2.18. The van der Waals surface area contributed by atoms with Crippen LogP contribution in [0.1, 0.15) is 24.1 Å². The van der Waals surface area contributed by atoms with Gasteiger partial charge in [-0.05, 0) is 44.0 Å². The molecular formula is C13H16N4O2. The minimum absolute atomic E-state index is 0.454. The highest BCUT2D eigenvalue weighted by molar-refractivity contribution is 5.96. The first-order valence-corrected chi connectivity index (χ1v) is 5.94. The molecule has 0 saturated carbocycles. The third-order valence-corrected chi connectivity index (χ3v) is 3.23. The summed E-state index contributed by atoms with van der Waals surface area (Å²) in [5.74, 6) is -0.454. The van der Waals surface area contributed by atoms with E-state index in [1.165, 1.54) is 0 Å². The van der Waals surface area contributed by atoms with E-state index >= 15 is 0 Å². The predicted octanol–water partition coefficient (Wildman–Crippen LogP) is 1.41. The summed E-state index contributed by atoms with van der Waals surface area (Å²) in [6.07, 6.45) is 1.59. The number of urea groups is 1. The number of benzene rings is 1. The summed E-state index contributed by atoms with van der Waals surface area (Å²) in [6, 6.07) is 2.54. The van der Waals surface area contributed by atoms with Crippen LogP contribution >= 0.6 is 0 Å². The fraction of sp³-hybridized carbons (Fsp3) is 0.308. The molecule has 1 aromatic heterocycles. The number of fused-ring (bicyclic) bond motifs is 1. The highest BCUT2D eigenvalue weighted by atomic mass is 16.2. The Bertz CT molecular complexity index is 660. The topological polar surface area (TPSA) is 90.0 Å². The molecule has 0 spiro atoms. The molecule has 0 saturated heterocycles. The van der Waals surface area contributed by atoms with Crippen molar-refractivity contribution >= 4 is 23.0 Å². The van der Waals surface area contributed by atoms with E-state index in [2.05, 4.69) is 10.3 Å². The number of amides is 3. The Labute approximate surface area is 110 Å². The summed E-state index contributed by atoms with van der Waals surface area (Å²) in [4.78, 5) is 26.8. The van der Waals surface area contributed by atoms with E-state index in [-0.39, 0.29) is 0 Å². The molecule has 0 fully saturated rings. The molecule has 0 aliphatic heterocycles. The second-order valence-corrected chi connectivity index (χ2v) is 4.61. The summed E-state index contributed by atoms with van der Waals surface area (Å²) in [6.45, 7) is 5.70. The van der Waals surface area contributed by atoms with E-state index in [4.69, 9.17) is 5.73 Å². The zero-order valence-electron chi connectivity index (χ0n) is 11.1. The van der Waals surface area contributed by atoms with Crippen LogP contribution in [0.3, 0.4) is 0 Å². The highest BCUT2D eigenvalue weighted by Crippen LogP contribution is 2.21. The molecule has 3 N–H and O–H groups in total. The quantitative estimate of drug-likeness (QED) is 0.855. The van der Waals surface area contributed by atoms with Gasteiger partial charge in [0.2, 0.25) is 0 Å². The lowest BCUT2D eigenvalue weighted by molar-refractivity contribution is -0.122. The Morgan fingerprint density at radius 1 is 1.32 bits per heavy atom. The second kappa shape index (κ2) is 4.72. The fourth-order valence-corrected chi connectivity index (χ4v) is 1.94. The number of nitrogens with two attached hydrogens (primary N) is 1. The molecule has 19 heavy (non-hydrogen) atoms. The van der Waals surface area contributed by atoms with Gasteiger partial charge in [0.15, 0.2) is 0 Å². The maximum absolute atomic E-state index is 11.8. The van der Waals surface area contributed by atoms with Crippen molar-refractivity contribution in [1.29, 1.82) is 0 Å². The molecule has 2 aromatic rings. The summed E-state index contributed by atoms with van der Waals surface area (Å²) < 4.78 is 1.72. The van der Waals surface area contributed by atoms with Gasteiger partial charge >= 0.3 is 6.03 Å². The minimum atomic E-state index is -0.853. The Balaban J connectivity index is 2.43. The molecule has 6 heteroatoms. The van der Waals surface area contributed by atoms with Crippen LogP contribution in [0.25, 0.3) is 11.0 Å². The number of imide groups is 1. The predicted molar refractivity (Wildman–Crippen MR) is 71.6 cm³/mol. The molecule has 3 amide bonds. The number of carbonyl (C=O) groups is 2. The van der Waals surface area contributed by atoms with Crippen LogP contribution in [-0.2, 0) is 4.79 Å². The van der Waals surface area contributed by atoms with E-state index in [9.17, 15) is 9.59 Å². The molecule has 0 bridgehead atoms. The van der Waals surface area contributed by atoms with Gasteiger partial charge in [0.25, 0.3) is 5.91 Å². The number of rotatable bonds is 2. The molecule has 0 aliphatic rings. The lowest BCUT2D eigenvalue weighted by Crippen LogP contribution is -2.39. The minimum Gasteiger partial charge on any atom is -0.351 e. The van der Waals surface area contributed by atoms with Crippen molar-refractivity contribution in [2.45, 2.75) is 26.8 Å². The summed E-state index contributed by atoms with van der Waals surface area (Å²) >= 11 is 0. The van der Waals surface area contributed by atoms with Gasteiger partial charge in [-0.1, -0.05) is 0 Å². The fourth-order valence-electron chi connectivity index (χ4n) is 1.94. The van der Waals surface area contributed by atoms with Gasteiger partial charge in [-0.25, -0.2) is 9.78 Å². The van der Waals surface area contributed by atoms with Crippen LogP contribution in [0.15, 0.2) is 18.5 Å². The Morgan fingerprint density at radius 3 is 2.58 bits per heavy atom. The van der Waals surface area contributed by atoms with Gasteiger partial charge in [0.05, 0.1) is 17.4 Å². The third kappa shape index (κ3) is 2.42. The SMILES string of the molecule is Cc1cc2ncn(C(C)C(=O)NC(N)=O)c2cc1C. The number of aryl methyl sites for hydroxylation is 2. The Hall–Kier alpha value is -2.37. The number of hydrogen-bond acceptors (Lipinski definition) is 3. The zero-order chi connectivity index (χ0) is 14.2. The molecular weight excluding hydrogens is 244 g/mol. The molecule has 1 atom stereocenters. The Morgan fingerprint density at radius 2 is 1.95 bits per heavy atom. The normalized spacial score (nSPS) is 12.4. The molecule has 100 valence electrons. The summed E-state index contributed by atoms with van der Waals surface area (Å²) in [5, 5.41) is 2.07. The van der Waals surface area contributed by atoms with Crippen LogP contribution in [0.2, 0.25) is 0 Å². The number of nitrogens with one attached hydrogen (secondary N) is 1. The van der Waals surface area contributed by atoms with Gasteiger partial charge in [-0.2, -0.15) is 0 Å². The second-order valence-electron chi connectivity index (χ2n) is 4.61. The molecule has 0 radical (unpaired) electrons. The van der Waals surface area contributed by atoms with Gasteiger partial charge in [-0.15, -0.1) is 0 Å². The average molecular weight is 260 g/mol.